The van der Waals surface area contributed by atoms with Gasteiger partial charge >= 0.3 is 0 Å². The lowest BCUT2D eigenvalue weighted by Gasteiger charge is -2.07. The van der Waals surface area contributed by atoms with Crippen LogP contribution in [0.4, 0.5) is 4.39 Å². The van der Waals surface area contributed by atoms with E-state index in [1.165, 1.54) is 12.1 Å². The summed E-state index contributed by atoms with van der Waals surface area (Å²) >= 11 is 11.0. The molecule has 0 saturated heterocycles. The highest BCUT2D eigenvalue weighted by Gasteiger charge is 2.06. The SMILES string of the molecule is Fc1c(Cl)cccc1OCCOCCCl. The number of benzene rings is 1. The zero-order chi connectivity index (χ0) is 11.1. The standard InChI is InChI=1S/C10H11Cl2FO2/c11-4-5-14-6-7-15-9-3-1-2-8(12)10(9)13/h1-3H,4-7H2. The summed E-state index contributed by atoms with van der Waals surface area (Å²) in [7, 11) is 0. The molecule has 15 heavy (non-hydrogen) atoms. The van der Waals surface area contributed by atoms with Crippen LogP contribution in [0.2, 0.25) is 5.02 Å². The third kappa shape index (κ3) is 4.24. The van der Waals surface area contributed by atoms with Crippen molar-refractivity contribution in [3.8, 4) is 5.75 Å². The van der Waals surface area contributed by atoms with Gasteiger partial charge in [-0.1, -0.05) is 17.7 Å². The highest BCUT2D eigenvalue weighted by Crippen LogP contribution is 2.23. The van der Waals surface area contributed by atoms with Gasteiger partial charge in [-0.2, -0.15) is 0 Å². The predicted octanol–water partition coefficient (Wildman–Crippen LogP) is 3.11. The number of halogens is 3. The van der Waals surface area contributed by atoms with Gasteiger partial charge in [-0.3, -0.25) is 0 Å². The lowest BCUT2D eigenvalue weighted by molar-refractivity contribution is 0.110. The van der Waals surface area contributed by atoms with Crippen LogP contribution >= 0.6 is 23.2 Å². The molecule has 5 heteroatoms. The number of ether oxygens (including phenoxy) is 2. The first-order valence-corrected chi connectivity index (χ1v) is 5.37. The Labute approximate surface area is 97.9 Å². The Morgan fingerprint density at radius 3 is 2.73 bits per heavy atom. The van der Waals surface area contributed by atoms with Crippen LogP contribution in [0.3, 0.4) is 0 Å². The summed E-state index contributed by atoms with van der Waals surface area (Å²) < 4.78 is 23.5. The molecule has 0 radical (unpaired) electrons. The molecule has 0 aromatic heterocycles. The second kappa shape index (κ2) is 6.88. The van der Waals surface area contributed by atoms with Crippen LogP contribution in [0.15, 0.2) is 18.2 Å². The summed E-state index contributed by atoms with van der Waals surface area (Å²) in [5, 5.41) is 0.0502. The van der Waals surface area contributed by atoms with E-state index in [2.05, 4.69) is 0 Å². The molecule has 2 nitrogen and oxygen atoms in total. The lowest BCUT2D eigenvalue weighted by Crippen LogP contribution is -2.08. The molecule has 0 heterocycles. The van der Waals surface area contributed by atoms with Crippen molar-refractivity contribution < 1.29 is 13.9 Å². The van der Waals surface area contributed by atoms with Crippen LogP contribution < -0.4 is 4.74 Å². The smallest absolute Gasteiger partial charge is 0.183 e. The van der Waals surface area contributed by atoms with E-state index in [-0.39, 0.29) is 17.4 Å². The van der Waals surface area contributed by atoms with E-state index in [4.69, 9.17) is 32.7 Å². The van der Waals surface area contributed by atoms with Crippen LogP contribution in [0.25, 0.3) is 0 Å². The first kappa shape index (κ1) is 12.6. The van der Waals surface area contributed by atoms with Gasteiger partial charge in [0.25, 0.3) is 0 Å². The van der Waals surface area contributed by atoms with E-state index in [1.54, 1.807) is 6.07 Å². The summed E-state index contributed by atoms with van der Waals surface area (Å²) in [5.74, 6) is 0.0272. The van der Waals surface area contributed by atoms with Gasteiger partial charge in [0.2, 0.25) is 0 Å². The molecule has 0 amide bonds. The molecule has 0 aliphatic heterocycles. The minimum Gasteiger partial charge on any atom is -0.488 e. The van der Waals surface area contributed by atoms with E-state index in [1.807, 2.05) is 0 Å². The Hall–Kier alpha value is -0.510. The molecule has 1 aromatic carbocycles. The van der Waals surface area contributed by atoms with E-state index in [0.717, 1.165) is 0 Å². The molecule has 0 N–H and O–H groups in total. The largest absolute Gasteiger partial charge is 0.488 e. The number of hydrogen-bond acceptors (Lipinski definition) is 2. The zero-order valence-corrected chi connectivity index (χ0v) is 9.52. The third-order valence-electron chi connectivity index (χ3n) is 1.62. The summed E-state index contributed by atoms with van der Waals surface area (Å²) in [6.45, 7) is 1.11. The van der Waals surface area contributed by atoms with Crippen molar-refractivity contribution in [3.05, 3.63) is 29.0 Å². The first-order valence-electron chi connectivity index (χ1n) is 4.46. The molecule has 0 fully saturated rings. The first-order chi connectivity index (χ1) is 7.25. The molecule has 0 unspecified atom stereocenters. The van der Waals surface area contributed by atoms with Crippen molar-refractivity contribution >= 4 is 23.2 Å². The third-order valence-corrected chi connectivity index (χ3v) is 2.07. The molecular formula is C10H11Cl2FO2. The van der Waals surface area contributed by atoms with E-state index in [0.29, 0.717) is 19.1 Å². The molecule has 1 rings (SSSR count). The van der Waals surface area contributed by atoms with Crippen LogP contribution in [-0.2, 0) is 4.74 Å². The second-order valence-corrected chi connectivity index (χ2v) is 3.49. The Kier molecular flexibility index (Phi) is 5.76. The van der Waals surface area contributed by atoms with Crippen LogP contribution in [0, 0.1) is 5.82 Å². The molecule has 0 saturated carbocycles. The van der Waals surface area contributed by atoms with Gasteiger partial charge in [0.05, 0.1) is 18.2 Å². The summed E-state index contributed by atoms with van der Waals surface area (Å²) in [6, 6.07) is 4.61. The summed E-state index contributed by atoms with van der Waals surface area (Å²) in [5.41, 5.74) is 0. The number of rotatable bonds is 6. The van der Waals surface area contributed by atoms with E-state index < -0.39 is 5.82 Å². The molecule has 84 valence electrons. The Balaban J connectivity index is 2.34. The highest BCUT2D eigenvalue weighted by molar-refractivity contribution is 6.30. The average molecular weight is 253 g/mol. The minimum absolute atomic E-state index is 0.0502. The summed E-state index contributed by atoms with van der Waals surface area (Å²) in [4.78, 5) is 0. The lowest BCUT2D eigenvalue weighted by atomic mass is 10.3. The zero-order valence-electron chi connectivity index (χ0n) is 8.01. The topological polar surface area (TPSA) is 18.5 Å². The van der Waals surface area contributed by atoms with Gasteiger partial charge in [-0.15, -0.1) is 11.6 Å². The normalized spacial score (nSPS) is 10.3. The van der Waals surface area contributed by atoms with Crippen LogP contribution in [0.5, 0.6) is 5.75 Å². The fourth-order valence-electron chi connectivity index (χ4n) is 0.963. The van der Waals surface area contributed by atoms with Crippen molar-refractivity contribution in [2.24, 2.45) is 0 Å². The van der Waals surface area contributed by atoms with Crippen LogP contribution in [-0.4, -0.2) is 25.7 Å². The minimum atomic E-state index is -0.545. The number of alkyl halides is 1. The molecule has 1 aromatic rings. The molecule has 0 aliphatic rings. The molecule has 0 aliphatic carbocycles. The highest BCUT2D eigenvalue weighted by atomic mass is 35.5. The van der Waals surface area contributed by atoms with E-state index >= 15 is 0 Å². The molecular weight excluding hydrogens is 242 g/mol. The maximum Gasteiger partial charge on any atom is 0.183 e. The van der Waals surface area contributed by atoms with Gasteiger partial charge in [0.1, 0.15) is 6.61 Å². The Morgan fingerprint density at radius 1 is 1.20 bits per heavy atom. The van der Waals surface area contributed by atoms with Crippen LogP contribution in [0.1, 0.15) is 0 Å². The monoisotopic (exact) mass is 252 g/mol. The fraction of sp³-hybridized carbons (Fsp3) is 0.400. The van der Waals surface area contributed by atoms with Crippen molar-refractivity contribution in [2.45, 2.75) is 0 Å². The second-order valence-electron chi connectivity index (χ2n) is 2.70. The predicted molar refractivity (Wildman–Crippen MR) is 58.4 cm³/mol. The van der Waals surface area contributed by atoms with Gasteiger partial charge < -0.3 is 9.47 Å². The van der Waals surface area contributed by atoms with Gasteiger partial charge in [-0.25, -0.2) is 4.39 Å². The van der Waals surface area contributed by atoms with Crippen molar-refractivity contribution in [1.29, 1.82) is 0 Å². The quantitative estimate of drug-likeness (QED) is 0.572. The van der Waals surface area contributed by atoms with Crippen molar-refractivity contribution in [1.82, 2.24) is 0 Å². The van der Waals surface area contributed by atoms with Crippen molar-refractivity contribution in [3.63, 3.8) is 0 Å². The van der Waals surface area contributed by atoms with E-state index in [9.17, 15) is 4.39 Å². The van der Waals surface area contributed by atoms with Crippen molar-refractivity contribution in [2.75, 3.05) is 25.7 Å². The van der Waals surface area contributed by atoms with Gasteiger partial charge in [0, 0.05) is 5.88 Å². The fourth-order valence-corrected chi connectivity index (χ4v) is 1.24. The average Bonchev–Trinajstić information content (AvgIpc) is 2.24. The Bertz CT molecular complexity index is 307. The van der Waals surface area contributed by atoms with Gasteiger partial charge in [0.15, 0.2) is 11.6 Å². The number of hydrogen-bond donors (Lipinski definition) is 0. The Morgan fingerprint density at radius 2 is 2.00 bits per heavy atom. The maximum atomic E-state index is 13.3. The molecule has 0 spiro atoms. The summed E-state index contributed by atoms with van der Waals surface area (Å²) in [6.07, 6.45) is 0. The maximum absolute atomic E-state index is 13.3. The molecule has 0 bridgehead atoms. The van der Waals surface area contributed by atoms with Gasteiger partial charge in [-0.05, 0) is 12.1 Å². The molecule has 0 atom stereocenters.